The summed E-state index contributed by atoms with van der Waals surface area (Å²) in [5.74, 6) is -0.180. The van der Waals surface area contributed by atoms with Crippen LogP contribution in [0, 0.1) is 11.7 Å². The lowest BCUT2D eigenvalue weighted by molar-refractivity contribution is -0.136. The van der Waals surface area contributed by atoms with Gasteiger partial charge in [-0.25, -0.2) is 9.38 Å². The molecule has 0 aliphatic carbocycles. The summed E-state index contributed by atoms with van der Waals surface area (Å²) in [4.78, 5) is 17.7. The topological polar surface area (TPSA) is 83.4 Å². The quantitative estimate of drug-likeness (QED) is 0.549. The predicted octanol–water partition coefficient (Wildman–Crippen LogP) is 3.55. The molecule has 8 heteroatoms. The Morgan fingerprint density at radius 1 is 1.35 bits per heavy atom. The molecule has 2 aliphatic rings. The monoisotopic (exact) mass is 433 g/mol. The SMILES string of the molecule is CCOC1=CNC(C)(N2CCC(CCCOc3ccc(CC(=O)O)c(F)c3)CC2)N=C1. The third kappa shape index (κ3) is 6.43. The number of aliphatic carboxylic acids is 1. The summed E-state index contributed by atoms with van der Waals surface area (Å²) in [6.45, 7) is 7.12. The number of benzene rings is 1. The zero-order valence-corrected chi connectivity index (χ0v) is 18.3. The molecule has 1 saturated heterocycles. The molecule has 0 bridgehead atoms. The fourth-order valence-electron chi connectivity index (χ4n) is 4.03. The lowest BCUT2D eigenvalue weighted by Gasteiger charge is -2.43. The number of hydrogen-bond donors (Lipinski definition) is 2. The summed E-state index contributed by atoms with van der Waals surface area (Å²) < 4.78 is 25.0. The number of carboxylic acids is 1. The molecule has 0 aromatic heterocycles. The molecule has 1 aromatic carbocycles. The number of nitrogens with one attached hydrogen (secondary N) is 1. The molecule has 170 valence electrons. The van der Waals surface area contributed by atoms with E-state index in [1.54, 1.807) is 12.3 Å². The predicted molar refractivity (Wildman–Crippen MR) is 117 cm³/mol. The first-order valence-corrected chi connectivity index (χ1v) is 10.9. The lowest BCUT2D eigenvalue weighted by Crippen LogP contribution is -2.57. The highest BCUT2D eigenvalue weighted by Crippen LogP contribution is 2.28. The summed E-state index contributed by atoms with van der Waals surface area (Å²) in [5.41, 5.74) is 0.168. The van der Waals surface area contributed by atoms with Gasteiger partial charge in [0.2, 0.25) is 0 Å². The van der Waals surface area contributed by atoms with Gasteiger partial charge in [0.15, 0.2) is 11.5 Å². The molecule has 0 radical (unpaired) electrons. The Hall–Kier alpha value is -2.61. The van der Waals surface area contributed by atoms with Gasteiger partial charge >= 0.3 is 5.97 Å². The molecular formula is C23H32FN3O4. The van der Waals surface area contributed by atoms with Crippen molar-refractivity contribution in [1.82, 2.24) is 10.2 Å². The number of carboxylic acid groups (broad SMARTS) is 1. The maximum atomic E-state index is 13.9. The van der Waals surface area contributed by atoms with Crippen molar-refractivity contribution in [2.75, 3.05) is 26.3 Å². The van der Waals surface area contributed by atoms with Crippen LogP contribution in [0.4, 0.5) is 4.39 Å². The van der Waals surface area contributed by atoms with E-state index in [2.05, 4.69) is 22.1 Å². The molecule has 3 rings (SSSR count). The summed E-state index contributed by atoms with van der Waals surface area (Å²) in [6.07, 6.45) is 7.53. The minimum absolute atomic E-state index is 0.168. The van der Waals surface area contributed by atoms with E-state index in [9.17, 15) is 9.18 Å². The van der Waals surface area contributed by atoms with E-state index in [1.807, 2.05) is 13.1 Å². The van der Waals surface area contributed by atoms with Gasteiger partial charge in [-0.1, -0.05) is 6.07 Å². The molecule has 0 spiro atoms. The molecule has 0 amide bonds. The van der Waals surface area contributed by atoms with Crippen molar-refractivity contribution >= 4 is 12.2 Å². The zero-order valence-electron chi connectivity index (χ0n) is 18.3. The van der Waals surface area contributed by atoms with E-state index < -0.39 is 17.6 Å². The second kappa shape index (κ2) is 10.6. The first-order valence-electron chi connectivity index (χ1n) is 10.9. The number of ether oxygens (including phenoxy) is 2. The fourth-order valence-corrected chi connectivity index (χ4v) is 4.03. The number of carbonyl (C=O) groups is 1. The van der Waals surface area contributed by atoms with Crippen LogP contribution in [-0.4, -0.2) is 54.3 Å². The van der Waals surface area contributed by atoms with Gasteiger partial charge < -0.3 is 19.9 Å². The molecule has 31 heavy (non-hydrogen) atoms. The summed E-state index contributed by atoms with van der Waals surface area (Å²) in [7, 11) is 0. The van der Waals surface area contributed by atoms with Crippen molar-refractivity contribution in [3.63, 3.8) is 0 Å². The van der Waals surface area contributed by atoms with Gasteiger partial charge in [-0.3, -0.25) is 9.69 Å². The van der Waals surface area contributed by atoms with Crippen LogP contribution in [0.5, 0.6) is 5.75 Å². The molecule has 2 aliphatic heterocycles. The molecule has 2 N–H and O–H groups in total. The molecule has 0 saturated carbocycles. The van der Waals surface area contributed by atoms with Gasteiger partial charge in [-0.05, 0) is 57.1 Å². The Morgan fingerprint density at radius 3 is 2.74 bits per heavy atom. The minimum atomic E-state index is -1.05. The fraction of sp³-hybridized carbons (Fsp3) is 0.565. The van der Waals surface area contributed by atoms with Gasteiger partial charge in [0.05, 0.1) is 25.8 Å². The number of piperidine rings is 1. The van der Waals surface area contributed by atoms with Crippen LogP contribution < -0.4 is 10.1 Å². The lowest BCUT2D eigenvalue weighted by atomic mass is 9.91. The Labute approximate surface area is 182 Å². The third-order valence-electron chi connectivity index (χ3n) is 5.86. The van der Waals surface area contributed by atoms with Crippen LogP contribution in [0.25, 0.3) is 0 Å². The van der Waals surface area contributed by atoms with Gasteiger partial charge in [-0.2, -0.15) is 0 Å². The van der Waals surface area contributed by atoms with Crippen molar-refractivity contribution in [3.05, 3.63) is 41.5 Å². The highest BCUT2D eigenvalue weighted by Gasteiger charge is 2.34. The van der Waals surface area contributed by atoms with Crippen molar-refractivity contribution in [1.29, 1.82) is 0 Å². The van der Waals surface area contributed by atoms with Crippen LogP contribution in [-0.2, 0) is 16.0 Å². The van der Waals surface area contributed by atoms with Gasteiger partial charge in [0, 0.05) is 25.4 Å². The molecule has 1 aromatic rings. The van der Waals surface area contributed by atoms with Crippen LogP contribution in [0.15, 0.2) is 35.2 Å². The number of allylic oxidation sites excluding steroid dienone is 1. The number of likely N-dealkylation sites (tertiary alicyclic amines) is 1. The van der Waals surface area contributed by atoms with Gasteiger partial charge in [0.25, 0.3) is 0 Å². The highest BCUT2D eigenvalue weighted by molar-refractivity contribution is 5.77. The van der Waals surface area contributed by atoms with E-state index in [1.165, 1.54) is 12.1 Å². The largest absolute Gasteiger partial charge is 0.493 e. The van der Waals surface area contributed by atoms with Crippen molar-refractivity contribution in [3.8, 4) is 5.75 Å². The van der Waals surface area contributed by atoms with E-state index in [0.29, 0.717) is 24.9 Å². The first-order chi connectivity index (χ1) is 14.9. The number of nitrogens with zero attached hydrogens (tertiary/aromatic N) is 2. The normalized spacial score (nSPS) is 22.0. The Bertz CT molecular complexity index is 821. The van der Waals surface area contributed by atoms with Crippen LogP contribution >= 0.6 is 0 Å². The van der Waals surface area contributed by atoms with Gasteiger partial charge in [-0.15, -0.1) is 0 Å². The Morgan fingerprint density at radius 2 is 2.13 bits per heavy atom. The number of aliphatic imine (C=N–C) groups is 1. The molecule has 1 unspecified atom stereocenters. The van der Waals surface area contributed by atoms with Crippen LogP contribution in [0.3, 0.4) is 0 Å². The van der Waals surface area contributed by atoms with Crippen LogP contribution in [0.1, 0.15) is 45.1 Å². The molecule has 1 fully saturated rings. The van der Waals surface area contributed by atoms with Crippen LogP contribution in [0.2, 0.25) is 0 Å². The standard InChI is InChI=1S/C23H32FN3O4/c1-3-30-20-15-25-23(2,26-16-20)27-10-8-17(9-11-27)5-4-12-31-19-7-6-18(13-22(28)29)21(24)14-19/h6-7,14-17,25H,3-5,8-13H2,1-2H3,(H,28,29). The number of halogens is 1. The van der Waals surface area contributed by atoms with Crippen molar-refractivity contribution in [2.24, 2.45) is 10.9 Å². The van der Waals surface area contributed by atoms with E-state index in [0.717, 1.165) is 44.5 Å². The minimum Gasteiger partial charge on any atom is -0.493 e. The van der Waals surface area contributed by atoms with E-state index in [4.69, 9.17) is 14.6 Å². The van der Waals surface area contributed by atoms with Crippen molar-refractivity contribution < 1.29 is 23.8 Å². The smallest absolute Gasteiger partial charge is 0.307 e. The molecular weight excluding hydrogens is 401 g/mol. The first kappa shape index (κ1) is 23.1. The Kier molecular flexibility index (Phi) is 7.90. The van der Waals surface area contributed by atoms with E-state index >= 15 is 0 Å². The highest BCUT2D eigenvalue weighted by atomic mass is 19.1. The van der Waals surface area contributed by atoms with Gasteiger partial charge in [0.1, 0.15) is 11.6 Å². The molecule has 1 atom stereocenters. The van der Waals surface area contributed by atoms with Crippen molar-refractivity contribution in [2.45, 2.75) is 51.7 Å². The zero-order chi connectivity index (χ0) is 22.3. The number of hydrogen-bond acceptors (Lipinski definition) is 6. The maximum absolute atomic E-state index is 13.9. The molecule has 2 heterocycles. The average Bonchev–Trinajstić information content (AvgIpc) is 2.75. The summed E-state index contributed by atoms with van der Waals surface area (Å²) in [6, 6.07) is 4.37. The van der Waals surface area contributed by atoms with E-state index in [-0.39, 0.29) is 12.0 Å². The third-order valence-corrected chi connectivity index (χ3v) is 5.86. The Balaban J connectivity index is 1.36. The average molecular weight is 434 g/mol. The second-order valence-corrected chi connectivity index (χ2v) is 8.15. The second-order valence-electron chi connectivity index (χ2n) is 8.15. The maximum Gasteiger partial charge on any atom is 0.307 e. The number of rotatable bonds is 10. The summed E-state index contributed by atoms with van der Waals surface area (Å²) >= 11 is 0. The molecule has 7 nitrogen and oxygen atoms in total. The summed E-state index contributed by atoms with van der Waals surface area (Å²) in [5, 5.41) is 12.1.